The monoisotopic (exact) mass is 578 g/mol. The van der Waals surface area contributed by atoms with Gasteiger partial charge in [-0.2, -0.15) is 4.52 Å². The Bertz CT molecular complexity index is 1150. The van der Waals surface area contributed by atoms with Gasteiger partial charge in [-0.25, -0.2) is 4.52 Å². The van der Waals surface area contributed by atoms with E-state index < -0.39 is 24.7 Å². The first kappa shape index (κ1) is 30.4. The first-order valence-electron chi connectivity index (χ1n) is 12.5. The topological polar surface area (TPSA) is 79.8 Å². The Hall–Kier alpha value is -2.14. The van der Waals surface area contributed by atoms with E-state index in [1.54, 1.807) is 0 Å². The van der Waals surface area contributed by atoms with Crippen molar-refractivity contribution >= 4 is 24.7 Å². The van der Waals surface area contributed by atoms with Crippen LogP contribution in [0.15, 0.2) is 77.3 Å². The summed E-state index contributed by atoms with van der Waals surface area (Å²) in [5, 5.41) is 0. The van der Waals surface area contributed by atoms with E-state index in [-0.39, 0.29) is 0 Å². The lowest BCUT2D eigenvalue weighted by Gasteiger charge is -2.21. The van der Waals surface area contributed by atoms with Crippen molar-refractivity contribution < 1.29 is 27.1 Å². The number of rotatable bonds is 15. The summed E-state index contributed by atoms with van der Waals surface area (Å²) in [6.07, 6.45) is 0. The fourth-order valence-electron chi connectivity index (χ4n) is 3.01. The summed E-state index contributed by atoms with van der Waals surface area (Å²) in [6.45, 7) is 12.9. The number of hydrogen-bond donors (Lipinski definition) is 1. The fraction of sp³-hybridized carbons (Fsp3) is 0.333. The molecule has 1 N–H and O–H groups in total. The molecule has 0 aromatic heterocycles. The maximum atomic E-state index is 6.49. The standard InChI is InChI=1S/C27H37N2O6P3/c1-7-30-36(33-25-16-10-22(4)11-17-25)28-38(32-9-3,35-27-20-14-24(6)15-21-27)29-37(31-8-2)34-26-18-12-23(5)13-19-26/h10-21,28H,7-9H2,1-6H3/q+2. The molecule has 0 heterocycles. The fourth-order valence-corrected chi connectivity index (χ4v) is 8.61. The summed E-state index contributed by atoms with van der Waals surface area (Å²) in [6, 6.07) is 23.2. The Balaban J connectivity index is 2.01. The second-order valence-corrected chi connectivity index (χ2v) is 13.0. The molecule has 0 bridgehead atoms. The molecule has 0 amide bonds. The van der Waals surface area contributed by atoms with Crippen LogP contribution < -0.4 is 18.4 Å². The van der Waals surface area contributed by atoms with Gasteiger partial charge in [-0.3, -0.25) is 4.52 Å². The van der Waals surface area contributed by atoms with Crippen LogP contribution in [-0.2, 0) is 13.6 Å². The normalized spacial score (nSPS) is 14.0. The Morgan fingerprint density at radius 1 is 0.711 bits per heavy atom. The van der Waals surface area contributed by atoms with Crippen LogP contribution in [0.5, 0.6) is 17.2 Å². The SMILES string of the molecule is CCOP(N[P+](N=[P+](OCC)Oc1ccc(C)cc1)(OCC)Oc1ccc(C)cc1)Oc1ccc(C)cc1. The highest BCUT2D eigenvalue weighted by Crippen LogP contribution is 2.67. The Labute approximate surface area is 229 Å². The number of aryl methyl sites for hydroxylation is 3. The molecule has 3 atom stereocenters. The van der Waals surface area contributed by atoms with Gasteiger partial charge < -0.3 is 9.05 Å². The van der Waals surface area contributed by atoms with Crippen molar-refractivity contribution in [2.24, 2.45) is 4.52 Å². The molecule has 8 nitrogen and oxygen atoms in total. The highest BCUT2D eigenvalue weighted by Gasteiger charge is 2.57. The molecule has 3 aromatic carbocycles. The summed E-state index contributed by atoms with van der Waals surface area (Å²) < 4.78 is 42.0. The minimum absolute atomic E-state index is 0.329. The summed E-state index contributed by atoms with van der Waals surface area (Å²) in [5.74, 6) is 1.90. The molecule has 0 fully saturated rings. The maximum absolute atomic E-state index is 6.49. The van der Waals surface area contributed by atoms with E-state index in [0.717, 1.165) is 16.7 Å². The number of benzene rings is 3. The molecule has 0 saturated heterocycles. The van der Waals surface area contributed by atoms with Gasteiger partial charge in [0.15, 0.2) is 11.5 Å². The van der Waals surface area contributed by atoms with Crippen LogP contribution in [0, 0.1) is 20.8 Å². The van der Waals surface area contributed by atoms with E-state index in [2.05, 4.69) is 4.86 Å². The lowest BCUT2D eigenvalue weighted by Crippen LogP contribution is -2.20. The van der Waals surface area contributed by atoms with Gasteiger partial charge in [0.1, 0.15) is 12.4 Å². The number of nitrogens with one attached hydrogen (secondary N) is 1. The first-order valence-corrected chi connectivity index (χ1v) is 16.4. The molecule has 38 heavy (non-hydrogen) atoms. The molecule has 0 saturated carbocycles. The van der Waals surface area contributed by atoms with Gasteiger partial charge in [0.25, 0.3) is 0 Å². The van der Waals surface area contributed by atoms with Gasteiger partial charge in [-0.15, -0.1) is 4.52 Å². The Morgan fingerprint density at radius 3 is 1.74 bits per heavy atom. The molecule has 3 rings (SSSR count). The summed E-state index contributed by atoms with van der Waals surface area (Å²) >= 11 is 0. The second kappa shape index (κ2) is 15.5. The van der Waals surface area contributed by atoms with E-state index in [4.69, 9.17) is 31.7 Å². The molecular weight excluding hydrogens is 541 g/mol. The van der Waals surface area contributed by atoms with Gasteiger partial charge in [-0.05, 0) is 82.8 Å². The molecule has 0 spiro atoms. The lowest BCUT2D eigenvalue weighted by molar-refractivity contribution is 0.297. The van der Waals surface area contributed by atoms with Gasteiger partial charge in [-0.1, -0.05) is 53.1 Å². The molecule has 0 aliphatic heterocycles. The molecule has 0 aliphatic carbocycles. The van der Waals surface area contributed by atoms with Crippen molar-refractivity contribution in [3.05, 3.63) is 89.5 Å². The lowest BCUT2D eigenvalue weighted by atomic mass is 10.2. The zero-order chi connectivity index (χ0) is 27.4. The third-order valence-corrected chi connectivity index (χ3v) is 10.8. The van der Waals surface area contributed by atoms with Crippen molar-refractivity contribution in [3.63, 3.8) is 0 Å². The zero-order valence-corrected chi connectivity index (χ0v) is 25.5. The molecule has 11 heteroatoms. The highest BCUT2D eigenvalue weighted by molar-refractivity contribution is 7.75. The van der Waals surface area contributed by atoms with Gasteiger partial charge >= 0.3 is 24.7 Å². The van der Waals surface area contributed by atoms with E-state index in [9.17, 15) is 0 Å². The van der Waals surface area contributed by atoms with Crippen molar-refractivity contribution in [1.29, 1.82) is 0 Å². The van der Waals surface area contributed by atoms with E-state index in [1.165, 1.54) is 0 Å². The Morgan fingerprint density at radius 2 is 1.24 bits per heavy atom. The molecule has 204 valence electrons. The van der Waals surface area contributed by atoms with Crippen LogP contribution >= 0.6 is 24.7 Å². The summed E-state index contributed by atoms with van der Waals surface area (Å²) in [5.41, 5.74) is 3.38. The zero-order valence-electron chi connectivity index (χ0n) is 22.8. The molecule has 3 aromatic rings. The molecule has 3 unspecified atom stereocenters. The first-order chi connectivity index (χ1) is 18.3. The maximum Gasteiger partial charge on any atom is 0.660 e. The Kier molecular flexibility index (Phi) is 12.4. The quantitative estimate of drug-likeness (QED) is 0.180. The van der Waals surface area contributed by atoms with E-state index >= 15 is 0 Å². The third kappa shape index (κ3) is 9.87. The molecule has 0 aliphatic rings. The largest absolute Gasteiger partial charge is 0.660 e. The van der Waals surface area contributed by atoms with E-state index in [0.29, 0.717) is 37.1 Å². The summed E-state index contributed by atoms with van der Waals surface area (Å²) in [4.78, 5) is 3.36. The summed E-state index contributed by atoms with van der Waals surface area (Å²) in [7, 11) is -6.75. The minimum Gasteiger partial charge on any atom is -0.434 e. The van der Waals surface area contributed by atoms with Crippen molar-refractivity contribution in [2.45, 2.75) is 41.5 Å². The van der Waals surface area contributed by atoms with Gasteiger partial charge in [0.05, 0.1) is 13.2 Å². The van der Waals surface area contributed by atoms with Gasteiger partial charge in [0, 0.05) is 0 Å². The molecule has 0 radical (unpaired) electrons. The van der Waals surface area contributed by atoms with Crippen LogP contribution in [-0.4, -0.2) is 19.8 Å². The van der Waals surface area contributed by atoms with E-state index in [1.807, 2.05) is 114 Å². The number of hydrogen-bond acceptors (Lipinski definition) is 8. The average Bonchev–Trinajstić information content (AvgIpc) is 2.88. The van der Waals surface area contributed by atoms with Crippen molar-refractivity contribution in [3.8, 4) is 17.2 Å². The average molecular weight is 579 g/mol. The van der Waals surface area contributed by atoms with Crippen LogP contribution in [0.2, 0.25) is 0 Å². The van der Waals surface area contributed by atoms with Crippen LogP contribution in [0.3, 0.4) is 0 Å². The predicted molar refractivity (Wildman–Crippen MR) is 157 cm³/mol. The van der Waals surface area contributed by atoms with Gasteiger partial charge in [0.2, 0.25) is 4.52 Å². The number of nitrogens with zero attached hydrogens (tertiary/aromatic N) is 1. The minimum atomic E-state index is -3.27. The second-order valence-electron chi connectivity index (χ2n) is 8.17. The smallest absolute Gasteiger partial charge is 0.434 e. The van der Waals surface area contributed by atoms with Crippen LogP contribution in [0.4, 0.5) is 0 Å². The molecular formula is C27H37N2O6P3+2. The van der Waals surface area contributed by atoms with Crippen molar-refractivity contribution in [2.75, 3.05) is 19.8 Å². The predicted octanol–water partition coefficient (Wildman–Crippen LogP) is 9.25. The van der Waals surface area contributed by atoms with Crippen LogP contribution in [0.25, 0.3) is 0 Å². The van der Waals surface area contributed by atoms with Crippen LogP contribution in [0.1, 0.15) is 37.5 Å². The third-order valence-electron chi connectivity index (χ3n) is 4.85. The highest BCUT2D eigenvalue weighted by atomic mass is 31.3. The van der Waals surface area contributed by atoms with Crippen molar-refractivity contribution in [1.82, 2.24) is 4.86 Å².